The SMILES string of the molecule is COC1(F)C=CC=C(C(CO)NC(=O)N2CCc3cc(-c4c[nH]nc4N)c(F)cc32)C1. The number of nitrogens with two attached hydrogens (primary N) is 1. The summed E-state index contributed by atoms with van der Waals surface area (Å²) in [5, 5.41) is 18.9. The largest absolute Gasteiger partial charge is 0.394 e. The van der Waals surface area contributed by atoms with E-state index >= 15 is 0 Å². The molecule has 1 aliphatic heterocycles. The smallest absolute Gasteiger partial charge is 0.322 e. The van der Waals surface area contributed by atoms with E-state index in [-0.39, 0.29) is 12.2 Å². The van der Waals surface area contributed by atoms with Crippen LogP contribution in [0.15, 0.2) is 42.1 Å². The van der Waals surface area contributed by atoms with Crippen molar-refractivity contribution in [3.8, 4) is 11.1 Å². The lowest BCUT2D eigenvalue weighted by Crippen LogP contribution is -2.47. The summed E-state index contributed by atoms with van der Waals surface area (Å²) in [6.45, 7) is -0.0773. The van der Waals surface area contributed by atoms with Crippen molar-refractivity contribution in [1.82, 2.24) is 15.5 Å². The quantitative estimate of drug-likeness (QED) is 0.580. The van der Waals surface area contributed by atoms with Gasteiger partial charge in [0, 0.05) is 37.4 Å². The van der Waals surface area contributed by atoms with E-state index in [0.717, 1.165) is 5.56 Å². The Bertz CT molecular complexity index is 1070. The number of amides is 2. The number of ether oxygens (including phenoxy) is 1. The van der Waals surface area contributed by atoms with Crippen LogP contribution in [0, 0.1) is 5.82 Å². The van der Waals surface area contributed by atoms with E-state index in [2.05, 4.69) is 15.5 Å². The van der Waals surface area contributed by atoms with Crippen molar-refractivity contribution in [3.63, 3.8) is 0 Å². The number of nitrogens with one attached hydrogen (secondary N) is 2. The average Bonchev–Trinajstić information content (AvgIpc) is 3.37. The topological polar surface area (TPSA) is 116 Å². The number of H-pyrrole nitrogens is 1. The third kappa shape index (κ3) is 3.91. The lowest BCUT2D eigenvalue weighted by Gasteiger charge is -2.29. The first kappa shape index (κ1) is 21.0. The number of methoxy groups -OCH3 is 1. The highest BCUT2D eigenvalue weighted by Crippen LogP contribution is 2.36. The summed E-state index contributed by atoms with van der Waals surface area (Å²) in [5.41, 5.74) is 8.24. The normalized spacial score (nSPS) is 21.0. The van der Waals surface area contributed by atoms with Crippen LogP contribution >= 0.6 is 0 Å². The zero-order valence-electron chi connectivity index (χ0n) is 16.9. The number of fused-ring (bicyclic) bond motifs is 1. The predicted molar refractivity (Wildman–Crippen MR) is 112 cm³/mol. The average molecular weight is 431 g/mol. The van der Waals surface area contributed by atoms with Gasteiger partial charge in [0.05, 0.1) is 18.3 Å². The zero-order valence-corrected chi connectivity index (χ0v) is 16.9. The summed E-state index contributed by atoms with van der Waals surface area (Å²) in [4.78, 5) is 14.3. The number of aromatic nitrogens is 2. The van der Waals surface area contributed by atoms with Crippen molar-refractivity contribution in [2.24, 2.45) is 0 Å². The van der Waals surface area contributed by atoms with Gasteiger partial charge in [-0.3, -0.25) is 10.00 Å². The van der Waals surface area contributed by atoms with Crippen LogP contribution in [-0.4, -0.2) is 53.5 Å². The van der Waals surface area contributed by atoms with Gasteiger partial charge in [0.2, 0.25) is 5.85 Å². The van der Waals surface area contributed by atoms with E-state index in [9.17, 15) is 18.7 Å². The number of alkyl halides is 1. The van der Waals surface area contributed by atoms with Crippen LogP contribution in [-0.2, 0) is 11.2 Å². The van der Waals surface area contributed by atoms with Crippen LogP contribution in [0.2, 0.25) is 0 Å². The molecular weight excluding hydrogens is 408 g/mol. The highest BCUT2D eigenvalue weighted by molar-refractivity contribution is 5.95. The van der Waals surface area contributed by atoms with Crippen LogP contribution < -0.4 is 16.0 Å². The van der Waals surface area contributed by atoms with Crippen molar-refractivity contribution in [3.05, 3.63) is 53.5 Å². The maximum atomic E-state index is 14.8. The number of halogens is 2. The lowest BCUT2D eigenvalue weighted by molar-refractivity contribution is -0.0799. The second kappa shape index (κ2) is 8.12. The Balaban J connectivity index is 1.54. The molecule has 8 nitrogen and oxygen atoms in total. The number of benzene rings is 1. The first-order chi connectivity index (χ1) is 14.8. The van der Waals surface area contributed by atoms with Crippen molar-refractivity contribution < 1.29 is 23.4 Å². The van der Waals surface area contributed by atoms with Gasteiger partial charge in [0.1, 0.15) is 5.82 Å². The molecule has 5 N–H and O–H groups in total. The molecule has 0 radical (unpaired) electrons. The van der Waals surface area contributed by atoms with E-state index in [1.54, 1.807) is 12.1 Å². The van der Waals surface area contributed by atoms with Gasteiger partial charge in [0.25, 0.3) is 0 Å². The predicted octanol–water partition coefficient (Wildman–Crippen LogP) is 2.43. The summed E-state index contributed by atoms with van der Waals surface area (Å²) in [6, 6.07) is 1.64. The Kier molecular flexibility index (Phi) is 5.50. The molecule has 2 aromatic rings. The maximum absolute atomic E-state index is 14.8. The number of hydrogen-bond donors (Lipinski definition) is 4. The fraction of sp³-hybridized carbons (Fsp3) is 0.333. The fourth-order valence-electron chi connectivity index (χ4n) is 3.92. The first-order valence-corrected chi connectivity index (χ1v) is 9.78. The molecule has 1 aliphatic carbocycles. The molecule has 31 heavy (non-hydrogen) atoms. The Morgan fingerprint density at radius 3 is 2.97 bits per heavy atom. The number of carbonyl (C=O) groups excluding carboxylic acids is 1. The van der Waals surface area contributed by atoms with E-state index in [4.69, 9.17) is 10.5 Å². The molecule has 10 heteroatoms. The van der Waals surface area contributed by atoms with Crippen molar-refractivity contribution in [2.75, 3.05) is 30.9 Å². The Morgan fingerprint density at radius 1 is 1.48 bits per heavy atom. The second-order valence-corrected chi connectivity index (χ2v) is 7.50. The van der Waals surface area contributed by atoms with Gasteiger partial charge >= 0.3 is 6.03 Å². The summed E-state index contributed by atoms with van der Waals surface area (Å²) in [7, 11) is 1.25. The summed E-state index contributed by atoms with van der Waals surface area (Å²) >= 11 is 0. The number of aliphatic hydroxyl groups excluding tert-OH is 1. The third-order valence-electron chi connectivity index (χ3n) is 5.64. The van der Waals surface area contributed by atoms with Crippen LogP contribution in [0.1, 0.15) is 12.0 Å². The minimum Gasteiger partial charge on any atom is -0.394 e. The number of aromatic amines is 1. The zero-order chi connectivity index (χ0) is 22.2. The molecule has 1 aromatic carbocycles. The molecule has 4 rings (SSSR count). The van der Waals surface area contributed by atoms with Crippen molar-refractivity contribution in [2.45, 2.75) is 24.7 Å². The molecule has 0 saturated carbocycles. The number of allylic oxidation sites excluding steroid dienone is 2. The number of rotatable bonds is 5. The molecule has 2 unspecified atom stereocenters. The summed E-state index contributed by atoms with van der Waals surface area (Å²) in [6.07, 6.45) is 6.32. The third-order valence-corrected chi connectivity index (χ3v) is 5.64. The second-order valence-electron chi connectivity index (χ2n) is 7.50. The number of urea groups is 1. The standard InChI is InChI=1S/C21H23F2N5O3/c1-31-21(23)5-2-3-13(9-21)17(11-29)26-20(30)28-6-4-12-7-14(16(22)8-18(12)28)15-10-25-27-19(15)24/h2-3,5,7-8,10,17,29H,4,6,9,11H2,1H3,(H,26,30)(H3,24,25,27). The molecular formula is C21H23F2N5O3. The molecule has 0 fully saturated rings. The van der Waals surface area contributed by atoms with Crippen LogP contribution in [0.4, 0.5) is 25.1 Å². The number of hydrogen-bond acceptors (Lipinski definition) is 5. The number of anilines is 2. The maximum Gasteiger partial charge on any atom is 0.322 e. The Hall–Kier alpha value is -3.24. The Labute approximate surface area is 177 Å². The number of nitrogens with zero attached hydrogens (tertiary/aromatic N) is 2. The van der Waals surface area contributed by atoms with Crippen LogP contribution in [0.5, 0.6) is 0 Å². The van der Waals surface area contributed by atoms with Gasteiger partial charge in [-0.1, -0.05) is 12.2 Å². The number of carbonyl (C=O) groups is 1. The molecule has 0 spiro atoms. The Morgan fingerprint density at radius 2 is 2.29 bits per heavy atom. The van der Waals surface area contributed by atoms with E-state index < -0.39 is 30.4 Å². The van der Waals surface area contributed by atoms with E-state index in [1.807, 2.05) is 0 Å². The minimum atomic E-state index is -1.99. The van der Waals surface area contributed by atoms with E-state index in [0.29, 0.717) is 35.4 Å². The highest BCUT2D eigenvalue weighted by atomic mass is 19.2. The number of nitrogen functional groups attached to an aromatic ring is 1. The summed E-state index contributed by atoms with van der Waals surface area (Å²) in [5.74, 6) is -2.34. The minimum absolute atomic E-state index is 0.119. The van der Waals surface area contributed by atoms with Gasteiger partial charge in [0.15, 0.2) is 5.82 Å². The molecule has 0 bridgehead atoms. The molecule has 0 saturated heterocycles. The van der Waals surface area contributed by atoms with Gasteiger partial charge in [-0.05, 0) is 35.8 Å². The van der Waals surface area contributed by atoms with Gasteiger partial charge in [-0.15, -0.1) is 0 Å². The van der Waals surface area contributed by atoms with Gasteiger partial charge < -0.3 is 20.9 Å². The van der Waals surface area contributed by atoms with Gasteiger partial charge in [-0.25, -0.2) is 13.6 Å². The lowest BCUT2D eigenvalue weighted by atomic mass is 9.95. The molecule has 164 valence electrons. The monoisotopic (exact) mass is 431 g/mol. The van der Waals surface area contributed by atoms with E-state index in [1.165, 1.54) is 36.4 Å². The van der Waals surface area contributed by atoms with Crippen molar-refractivity contribution >= 4 is 17.5 Å². The first-order valence-electron chi connectivity index (χ1n) is 9.78. The molecule has 2 aliphatic rings. The fourth-order valence-corrected chi connectivity index (χ4v) is 3.92. The summed E-state index contributed by atoms with van der Waals surface area (Å²) < 4.78 is 34.2. The van der Waals surface area contributed by atoms with Crippen LogP contribution in [0.3, 0.4) is 0 Å². The molecule has 2 atom stereocenters. The van der Waals surface area contributed by atoms with Gasteiger partial charge in [-0.2, -0.15) is 5.10 Å². The van der Waals surface area contributed by atoms with Crippen molar-refractivity contribution in [1.29, 1.82) is 0 Å². The highest BCUT2D eigenvalue weighted by Gasteiger charge is 2.34. The molecule has 2 heterocycles. The molecule has 2 amide bonds. The number of aliphatic hydroxyl groups is 1. The van der Waals surface area contributed by atoms with Crippen LogP contribution in [0.25, 0.3) is 11.1 Å². The molecule has 1 aromatic heterocycles.